The van der Waals surface area contributed by atoms with E-state index < -0.39 is 0 Å². The van der Waals surface area contributed by atoms with E-state index in [1.54, 1.807) is 19.5 Å². The molecule has 0 aromatic carbocycles. The molecule has 0 fully saturated rings. The molecule has 1 unspecified atom stereocenters. The molecule has 0 aliphatic heterocycles. The van der Waals surface area contributed by atoms with Gasteiger partial charge in [-0.25, -0.2) is 5.43 Å². The molecule has 0 bridgehead atoms. The number of nitrogens with one attached hydrogen (secondary N) is 1. The maximum atomic E-state index is 5.69. The molecule has 102 valence electrons. The lowest BCUT2D eigenvalue weighted by atomic mass is 10.1. The zero-order valence-corrected chi connectivity index (χ0v) is 11.8. The first-order valence-electron chi connectivity index (χ1n) is 6.06. The second-order valence-electron chi connectivity index (χ2n) is 4.09. The summed E-state index contributed by atoms with van der Waals surface area (Å²) in [5, 5.41) is 4.16. The van der Waals surface area contributed by atoms with Crippen LogP contribution >= 0.6 is 11.5 Å². The minimum absolute atomic E-state index is 0.163. The van der Waals surface area contributed by atoms with E-state index in [0.29, 0.717) is 5.75 Å². The van der Waals surface area contributed by atoms with Crippen LogP contribution in [0.5, 0.6) is 5.75 Å². The first-order valence-corrected chi connectivity index (χ1v) is 6.83. The van der Waals surface area contributed by atoms with Crippen LogP contribution in [-0.2, 0) is 6.42 Å². The van der Waals surface area contributed by atoms with Gasteiger partial charge in [-0.15, -0.1) is 5.10 Å². The first kappa shape index (κ1) is 13.9. The SMILES string of the molecule is CCCc1nnsc1C(NN)c1cncc(OC)c1. The molecule has 0 saturated heterocycles. The van der Waals surface area contributed by atoms with Gasteiger partial charge in [0.05, 0.1) is 29.9 Å². The van der Waals surface area contributed by atoms with Crippen molar-refractivity contribution in [2.75, 3.05) is 7.11 Å². The lowest BCUT2D eigenvalue weighted by molar-refractivity contribution is 0.411. The van der Waals surface area contributed by atoms with Crippen molar-refractivity contribution < 1.29 is 4.74 Å². The average molecular weight is 279 g/mol. The number of rotatable bonds is 6. The molecule has 0 aliphatic rings. The summed E-state index contributed by atoms with van der Waals surface area (Å²) in [6, 6.07) is 1.75. The smallest absolute Gasteiger partial charge is 0.137 e. The number of pyridine rings is 1. The van der Waals surface area contributed by atoms with Crippen LogP contribution in [0.4, 0.5) is 0 Å². The van der Waals surface area contributed by atoms with Gasteiger partial charge in [0, 0.05) is 6.20 Å². The zero-order chi connectivity index (χ0) is 13.7. The van der Waals surface area contributed by atoms with E-state index in [2.05, 4.69) is 26.9 Å². The van der Waals surface area contributed by atoms with Crippen molar-refractivity contribution in [3.8, 4) is 5.75 Å². The molecule has 2 rings (SSSR count). The summed E-state index contributed by atoms with van der Waals surface area (Å²) in [7, 11) is 1.61. The Bertz CT molecular complexity index is 530. The number of aromatic nitrogens is 3. The second-order valence-corrected chi connectivity index (χ2v) is 4.88. The van der Waals surface area contributed by atoms with Gasteiger partial charge in [0.1, 0.15) is 5.75 Å². The second kappa shape index (κ2) is 6.55. The van der Waals surface area contributed by atoms with Crippen LogP contribution in [0.1, 0.15) is 35.5 Å². The number of ether oxygens (including phenoxy) is 1. The molecule has 19 heavy (non-hydrogen) atoms. The number of hydrogen-bond acceptors (Lipinski definition) is 7. The third-order valence-electron chi connectivity index (χ3n) is 2.80. The van der Waals surface area contributed by atoms with Crippen LogP contribution in [0.25, 0.3) is 0 Å². The number of methoxy groups -OCH3 is 1. The summed E-state index contributed by atoms with van der Waals surface area (Å²) < 4.78 is 9.21. The molecule has 0 aliphatic carbocycles. The Morgan fingerprint density at radius 3 is 3.00 bits per heavy atom. The van der Waals surface area contributed by atoms with Crippen LogP contribution in [-0.4, -0.2) is 21.7 Å². The average Bonchev–Trinajstić information content (AvgIpc) is 2.89. The number of hydrazine groups is 1. The van der Waals surface area contributed by atoms with Crippen molar-refractivity contribution in [2.24, 2.45) is 5.84 Å². The third-order valence-corrected chi connectivity index (χ3v) is 3.64. The molecular formula is C12H17N5OS. The molecule has 1 atom stereocenters. The van der Waals surface area contributed by atoms with Gasteiger partial charge in [-0.1, -0.05) is 17.8 Å². The quantitative estimate of drug-likeness (QED) is 0.615. The van der Waals surface area contributed by atoms with Crippen LogP contribution in [0, 0.1) is 0 Å². The highest BCUT2D eigenvalue weighted by atomic mass is 32.1. The molecule has 0 radical (unpaired) electrons. The van der Waals surface area contributed by atoms with Gasteiger partial charge in [-0.05, 0) is 29.6 Å². The van der Waals surface area contributed by atoms with Crippen LogP contribution in [0.15, 0.2) is 18.5 Å². The van der Waals surface area contributed by atoms with E-state index in [4.69, 9.17) is 10.6 Å². The molecule has 0 spiro atoms. The topological polar surface area (TPSA) is 86.0 Å². The molecule has 6 nitrogen and oxygen atoms in total. The lowest BCUT2D eigenvalue weighted by Crippen LogP contribution is -2.29. The van der Waals surface area contributed by atoms with E-state index in [1.807, 2.05) is 6.07 Å². The Morgan fingerprint density at radius 1 is 1.47 bits per heavy atom. The molecule has 0 saturated carbocycles. The Balaban J connectivity index is 2.35. The molecule has 2 aromatic heterocycles. The molecule has 2 aromatic rings. The summed E-state index contributed by atoms with van der Waals surface area (Å²) in [6.07, 6.45) is 5.34. The fourth-order valence-electron chi connectivity index (χ4n) is 1.87. The highest BCUT2D eigenvalue weighted by Gasteiger charge is 2.20. The predicted octanol–water partition coefficient (Wildman–Crippen LogP) is 1.45. The van der Waals surface area contributed by atoms with Crippen molar-refractivity contribution in [1.29, 1.82) is 0 Å². The van der Waals surface area contributed by atoms with Crippen molar-refractivity contribution >= 4 is 11.5 Å². The van der Waals surface area contributed by atoms with Crippen molar-refractivity contribution in [2.45, 2.75) is 25.8 Å². The normalized spacial score (nSPS) is 12.4. The first-order chi connectivity index (χ1) is 9.30. The zero-order valence-electron chi connectivity index (χ0n) is 11.0. The lowest BCUT2D eigenvalue weighted by Gasteiger charge is -2.15. The largest absolute Gasteiger partial charge is 0.495 e. The number of nitrogens with two attached hydrogens (primary N) is 1. The fraction of sp³-hybridized carbons (Fsp3) is 0.417. The number of nitrogens with zero attached hydrogens (tertiary/aromatic N) is 3. The molecule has 7 heteroatoms. The van der Waals surface area contributed by atoms with Crippen LogP contribution < -0.4 is 16.0 Å². The number of hydrogen-bond donors (Lipinski definition) is 2. The Kier molecular flexibility index (Phi) is 4.78. The highest BCUT2D eigenvalue weighted by Crippen LogP contribution is 2.28. The van der Waals surface area contributed by atoms with Gasteiger partial charge in [0.15, 0.2) is 0 Å². The molecular weight excluding hydrogens is 262 g/mol. The maximum Gasteiger partial charge on any atom is 0.137 e. The summed E-state index contributed by atoms with van der Waals surface area (Å²) in [4.78, 5) is 5.18. The molecule has 2 heterocycles. The molecule has 3 N–H and O–H groups in total. The highest BCUT2D eigenvalue weighted by molar-refractivity contribution is 7.05. The van der Waals surface area contributed by atoms with E-state index >= 15 is 0 Å². The van der Waals surface area contributed by atoms with Gasteiger partial charge in [0.2, 0.25) is 0 Å². The van der Waals surface area contributed by atoms with E-state index in [0.717, 1.165) is 29.0 Å². The van der Waals surface area contributed by atoms with Gasteiger partial charge in [0.25, 0.3) is 0 Å². The third kappa shape index (κ3) is 3.06. The summed E-state index contributed by atoms with van der Waals surface area (Å²) in [5.74, 6) is 6.39. The van der Waals surface area contributed by atoms with Gasteiger partial charge >= 0.3 is 0 Å². The predicted molar refractivity (Wildman–Crippen MR) is 73.9 cm³/mol. The Morgan fingerprint density at radius 2 is 2.32 bits per heavy atom. The molecule has 0 amide bonds. The fourth-order valence-corrected chi connectivity index (χ4v) is 2.66. The minimum atomic E-state index is -0.163. The van der Waals surface area contributed by atoms with E-state index in [9.17, 15) is 0 Å². The van der Waals surface area contributed by atoms with Gasteiger partial charge < -0.3 is 4.74 Å². The van der Waals surface area contributed by atoms with E-state index in [1.165, 1.54) is 11.5 Å². The standard InChI is InChI=1S/C12H17N5OS/c1-3-4-10-12(19-17-16-10)11(15-13)8-5-9(18-2)7-14-6-8/h5-7,11,15H,3-4,13H2,1-2H3. The van der Waals surface area contributed by atoms with Crippen molar-refractivity contribution in [1.82, 2.24) is 20.0 Å². The monoisotopic (exact) mass is 279 g/mol. The van der Waals surface area contributed by atoms with Crippen molar-refractivity contribution in [3.05, 3.63) is 34.6 Å². The minimum Gasteiger partial charge on any atom is -0.495 e. The number of aryl methyl sites for hydroxylation is 1. The van der Waals surface area contributed by atoms with Crippen molar-refractivity contribution in [3.63, 3.8) is 0 Å². The van der Waals surface area contributed by atoms with Crippen LogP contribution in [0.2, 0.25) is 0 Å². The van der Waals surface area contributed by atoms with Crippen LogP contribution in [0.3, 0.4) is 0 Å². The summed E-state index contributed by atoms with van der Waals surface area (Å²) in [6.45, 7) is 2.11. The van der Waals surface area contributed by atoms with E-state index in [-0.39, 0.29) is 6.04 Å². The maximum absolute atomic E-state index is 5.69. The van der Waals surface area contributed by atoms with Gasteiger partial charge in [-0.2, -0.15) is 0 Å². The van der Waals surface area contributed by atoms with Gasteiger partial charge in [-0.3, -0.25) is 10.8 Å². The Labute approximate surface area is 116 Å². The summed E-state index contributed by atoms with van der Waals surface area (Å²) in [5.41, 5.74) is 4.73. The Hall–Kier alpha value is -1.57. The summed E-state index contributed by atoms with van der Waals surface area (Å²) >= 11 is 1.36.